The number of carbonyl (C=O) groups is 1. The molecular weight excluding hydrogens is 332 g/mol. The Bertz CT molecular complexity index is 951. The minimum Gasteiger partial charge on any atom is -0.293 e. The van der Waals surface area contributed by atoms with Gasteiger partial charge in [-0.2, -0.15) is 0 Å². The lowest BCUT2D eigenvalue weighted by Gasteiger charge is -2.18. The van der Waals surface area contributed by atoms with Gasteiger partial charge in [-0.3, -0.25) is 14.2 Å². The molecule has 0 aliphatic rings. The third-order valence-electron chi connectivity index (χ3n) is 4.24. The highest BCUT2D eigenvalue weighted by Gasteiger charge is 2.17. The zero-order valence-electron chi connectivity index (χ0n) is 14.3. The van der Waals surface area contributed by atoms with Crippen molar-refractivity contribution in [3.8, 4) is 0 Å². The van der Waals surface area contributed by atoms with E-state index >= 15 is 0 Å². The van der Waals surface area contributed by atoms with E-state index in [4.69, 9.17) is 0 Å². The lowest BCUT2D eigenvalue weighted by atomic mass is 10.2. The van der Waals surface area contributed by atoms with Crippen LogP contribution in [-0.2, 0) is 0 Å². The summed E-state index contributed by atoms with van der Waals surface area (Å²) in [6.07, 6.45) is 0.820. The molecule has 0 saturated heterocycles. The van der Waals surface area contributed by atoms with Crippen molar-refractivity contribution >= 4 is 28.4 Å². The van der Waals surface area contributed by atoms with Gasteiger partial charge in [0.1, 0.15) is 0 Å². The second kappa shape index (κ2) is 7.66. The first-order valence-electron chi connectivity index (χ1n) is 8.34. The molecule has 1 aromatic heterocycles. The maximum atomic E-state index is 12.9. The Morgan fingerprint density at radius 1 is 1.12 bits per heavy atom. The van der Waals surface area contributed by atoms with Crippen molar-refractivity contribution in [2.24, 2.45) is 0 Å². The van der Waals surface area contributed by atoms with Gasteiger partial charge in [0, 0.05) is 11.6 Å². The number of benzene rings is 2. The molecule has 0 fully saturated rings. The van der Waals surface area contributed by atoms with Gasteiger partial charge in [0.05, 0.1) is 16.7 Å². The number of fused-ring (bicyclic) bond motifs is 1. The van der Waals surface area contributed by atoms with E-state index in [0.717, 1.165) is 6.42 Å². The number of thioether (sulfide) groups is 1. The molecule has 2 aromatic carbocycles. The van der Waals surface area contributed by atoms with E-state index in [1.54, 1.807) is 22.8 Å². The highest BCUT2D eigenvalue weighted by Crippen LogP contribution is 2.23. The predicted octanol–water partition coefficient (Wildman–Crippen LogP) is 4.34. The summed E-state index contributed by atoms with van der Waals surface area (Å²) >= 11 is 1.33. The molecular formula is C20H20N2O2S. The van der Waals surface area contributed by atoms with E-state index in [9.17, 15) is 9.59 Å². The first-order valence-corrected chi connectivity index (χ1v) is 9.32. The van der Waals surface area contributed by atoms with E-state index in [1.807, 2.05) is 50.2 Å². The van der Waals surface area contributed by atoms with Crippen LogP contribution in [0.2, 0.25) is 0 Å². The Morgan fingerprint density at radius 3 is 2.52 bits per heavy atom. The zero-order chi connectivity index (χ0) is 17.8. The molecule has 0 aliphatic heterocycles. The van der Waals surface area contributed by atoms with E-state index in [2.05, 4.69) is 4.98 Å². The number of rotatable bonds is 6. The fourth-order valence-corrected chi connectivity index (χ4v) is 3.63. The van der Waals surface area contributed by atoms with E-state index in [1.165, 1.54) is 11.8 Å². The number of hydrogen-bond donors (Lipinski definition) is 0. The van der Waals surface area contributed by atoms with Gasteiger partial charge in [-0.25, -0.2) is 4.98 Å². The molecule has 3 aromatic rings. The monoisotopic (exact) mass is 352 g/mol. The second-order valence-electron chi connectivity index (χ2n) is 5.92. The largest absolute Gasteiger partial charge is 0.293 e. The molecule has 0 N–H and O–H groups in total. The summed E-state index contributed by atoms with van der Waals surface area (Å²) in [4.78, 5) is 29.9. The Morgan fingerprint density at radius 2 is 1.80 bits per heavy atom. The molecule has 5 heteroatoms. The first kappa shape index (κ1) is 17.4. The van der Waals surface area contributed by atoms with E-state index < -0.39 is 0 Å². The molecule has 0 saturated carbocycles. The highest BCUT2D eigenvalue weighted by molar-refractivity contribution is 7.99. The van der Waals surface area contributed by atoms with Gasteiger partial charge in [0.2, 0.25) is 0 Å². The maximum Gasteiger partial charge on any atom is 0.262 e. The van der Waals surface area contributed by atoms with Crippen molar-refractivity contribution in [1.29, 1.82) is 0 Å². The van der Waals surface area contributed by atoms with Crippen LogP contribution in [0.15, 0.2) is 64.5 Å². The van der Waals surface area contributed by atoms with Gasteiger partial charge in [-0.05, 0) is 25.5 Å². The topological polar surface area (TPSA) is 52.0 Å². The smallest absolute Gasteiger partial charge is 0.262 e. The lowest BCUT2D eigenvalue weighted by molar-refractivity contribution is 0.102. The Hall–Kier alpha value is -2.40. The van der Waals surface area contributed by atoms with Crippen molar-refractivity contribution in [2.75, 3.05) is 5.75 Å². The van der Waals surface area contributed by atoms with Gasteiger partial charge in [0.25, 0.3) is 5.56 Å². The van der Waals surface area contributed by atoms with Crippen LogP contribution in [0.5, 0.6) is 0 Å². The molecule has 0 spiro atoms. The van der Waals surface area contributed by atoms with Crippen LogP contribution in [0.1, 0.15) is 36.7 Å². The Balaban J connectivity index is 1.97. The van der Waals surface area contributed by atoms with Crippen molar-refractivity contribution in [3.05, 3.63) is 70.5 Å². The van der Waals surface area contributed by atoms with Crippen molar-refractivity contribution in [2.45, 2.75) is 31.5 Å². The van der Waals surface area contributed by atoms with Gasteiger partial charge in [-0.1, -0.05) is 61.2 Å². The SMILES string of the molecule is CCC(C)n1c(SCC(=O)c2ccccc2)nc2ccccc2c1=O. The summed E-state index contributed by atoms with van der Waals surface area (Å²) in [5.74, 6) is 0.286. The second-order valence-corrected chi connectivity index (χ2v) is 6.86. The van der Waals surface area contributed by atoms with Crippen LogP contribution in [0.3, 0.4) is 0 Å². The van der Waals surface area contributed by atoms with Gasteiger partial charge in [-0.15, -0.1) is 0 Å². The fraction of sp³-hybridized carbons (Fsp3) is 0.250. The minimum atomic E-state index is -0.0467. The molecule has 1 atom stereocenters. The number of para-hydroxylation sites is 1. The van der Waals surface area contributed by atoms with Crippen molar-refractivity contribution in [3.63, 3.8) is 0 Å². The van der Waals surface area contributed by atoms with E-state index in [-0.39, 0.29) is 23.1 Å². The molecule has 3 rings (SSSR count). The van der Waals surface area contributed by atoms with Crippen LogP contribution in [-0.4, -0.2) is 21.1 Å². The molecule has 0 radical (unpaired) electrons. The average molecular weight is 352 g/mol. The normalized spacial score (nSPS) is 12.2. The Kier molecular flexibility index (Phi) is 5.34. The molecule has 0 aliphatic carbocycles. The first-order chi connectivity index (χ1) is 12.1. The summed E-state index contributed by atoms with van der Waals surface area (Å²) in [5, 5.41) is 1.21. The number of nitrogens with zero attached hydrogens (tertiary/aromatic N) is 2. The maximum absolute atomic E-state index is 12.9. The summed E-state index contributed by atoms with van der Waals surface area (Å²) < 4.78 is 1.71. The zero-order valence-corrected chi connectivity index (χ0v) is 15.1. The molecule has 128 valence electrons. The summed E-state index contributed by atoms with van der Waals surface area (Å²) in [7, 11) is 0. The third-order valence-corrected chi connectivity index (χ3v) is 5.19. The van der Waals surface area contributed by atoms with Crippen molar-refractivity contribution in [1.82, 2.24) is 9.55 Å². The molecule has 1 unspecified atom stereocenters. The molecule has 25 heavy (non-hydrogen) atoms. The minimum absolute atomic E-state index is 0.0268. The molecule has 0 amide bonds. The number of ketones is 1. The van der Waals surface area contributed by atoms with Crippen LogP contribution in [0.25, 0.3) is 10.9 Å². The average Bonchev–Trinajstić information content (AvgIpc) is 2.66. The van der Waals surface area contributed by atoms with Crippen molar-refractivity contribution < 1.29 is 4.79 Å². The van der Waals surface area contributed by atoms with Crippen LogP contribution in [0.4, 0.5) is 0 Å². The molecule has 1 heterocycles. The predicted molar refractivity (Wildman–Crippen MR) is 103 cm³/mol. The summed E-state index contributed by atoms with van der Waals surface area (Å²) in [5.41, 5.74) is 1.30. The summed E-state index contributed by atoms with van der Waals surface area (Å²) in [6, 6.07) is 16.6. The summed E-state index contributed by atoms with van der Waals surface area (Å²) in [6.45, 7) is 4.04. The van der Waals surface area contributed by atoms with Gasteiger partial charge < -0.3 is 0 Å². The van der Waals surface area contributed by atoms with Gasteiger partial charge in [0.15, 0.2) is 10.9 Å². The van der Waals surface area contributed by atoms with Crippen LogP contribution >= 0.6 is 11.8 Å². The fourth-order valence-electron chi connectivity index (χ4n) is 2.64. The van der Waals surface area contributed by atoms with Crippen LogP contribution in [0, 0.1) is 0 Å². The quantitative estimate of drug-likeness (QED) is 0.376. The third kappa shape index (κ3) is 3.66. The van der Waals surface area contributed by atoms with Crippen LogP contribution < -0.4 is 5.56 Å². The number of Topliss-reactive ketones (excluding diaryl/α,β-unsaturated/α-hetero) is 1. The highest BCUT2D eigenvalue weighted by atomic mass is 32.2. The number of carbonyl (C=O) groups excluding carboxylic acids is 1. The molecule has 4 nitrogen and oxygen atoms in total. The standard InChI is InChI=1S/C20H20N2O2S/c1-3-14(2)22-19(24)16-11-7-8-12-17(16)21-20(22)25-13-18(23)15-9-5-4-6-10-15/h4-12,14H,3,13H2,1-2H3. The number of hydrogen-bond acceptors (Lipinski definition) is 4. The Labute approximate surface area is 150 Å². The molecule has 0 bridgehead atoms. The number of aromatic nitrogens is 2. The van der Waals surface area contributed by atoms with Gasteiger partial charge >= 0.3 is 0 Å². The van der Waals surface area contributed by atoms with E-state index in [0.29, 0.717) is 21.6 Å². The lowest BCUT2D eigenvalue weighted by Crippen LogP contribution is -2.26.